The molecule has 0 spiro atoms. The van der Waals surface area contributed by atoms with Crippen LogP contribution in [0, 0.1) is 0 Å². The van der Waals surface area contributed by atoms with Crippen LogP contribution in [0.2, 0.25) is 0 Å². The Morgan fingerprint density at radius 2 is 1.55 bits per heavy atom. The summed E-state index contributed by atoms with van der Waals surface area (Å²) in [5.41, 5.74) is 0. The van der Waals surface area contributed by atoms with E-state index in [-0.39, 0.29) is 37.2 Å². The molecule has 20 heavy (non-hydrogen) atoms. The van der Waals surface area contributed by atoms with Crippen molar-refractivity contribution in [1.29, 1.82) is 0 Å². The van der Waals surface area contributed by atoms with Gasteiger partial charge < -0.3 is 15.4 Å². The van der Waals surface area contributed by atoms with Gasteiger partial charge in [0.05, 0.1) is 18.2 Å². The molecule has 2 N–H and O–H groups in total. The number of carbonyl (C=O) groups excluding carboxylic acids is 2. The minimum atomic E-state index is -0.171. The third-order valence-electron chi connectivity index (χ3n) is 2.90. The summed E-state index contributed by atoms with van der Waals surface area (Å²) in [6, 6.07) is -0.107. The maximum Gasteiger partial charge on any atom is 0.149 e. The largest absolute Gasteiger partial charge is 0.377 e. The first-order valence-corrected chi connectivity index (χ1v) is 6.82. The summed E-state index contributed by atoms with van der Waals surface area (Å²) in [4.78, 5) is 21.5. The fourth-order valence-corrected chi connectivity index (χ4v) is 1.82. The van der Waals surface area contributed by atoms with E-state index in [0.717, 1.165) is 6.42 Å². The zero-order valence-electron chi connectivity index (χ0n) is 13.4. The first-order valence-electron chi connectivity index (χ1n) is 6.82. The van der Waals surface area contributed by atoms with Crippen molar-refractivity contribution in [3.8, 4) is 0 Å². The predicted molar refractivity (Wildman–Crippen MR) is 85.2 cm³/mol. The average molecular weight is 290 g/mol. The molecule has 0 aliphatic heterocycles. The Labute approximate surface area is 124 Å². The number of hydrogen-bond donors (Lipinski definition) is 2. The normalized spacial score (nSPS) is 14.2. The van der Waals surface area contributed by atoms with Gasteiger partial charge in [0.2, 0.25) is 0 Å². The van der Waals surface area contributed by atoms with Crippen molar-refractivity contribution in [2.24, 2.45) is 0 Å². The predicted octanol–water partition coefficient (Wildman–Crippen LogP) is 1.80. The molecule has 0 aromatic rings. The van der Waals surface area contributed by atoms with E-state index in [1.54, 1.807) is 27.9 Å². The Hall–Kier alpha value is -0.780. The highest BCUT2D eigenvalue weighted by Gasteiger charge is 2.19. The molecule has 0 aromatic heterocycles. The molecular formula is C15H34N2O3. The summed E-state index contributed by atoms with van der Waals surface area (Å²) in [7, 11) is 3.57. The minimum absolute atomic E-state index is 0. The molecule has 0 rings (SSSR count). The lowest BCUT2D eigenvalue weighted by Crippen LogP contribution is -2.42. The molecule has 3 atom stereocenters. The molecule has 5 nitrogen and oxygen atoms in total. The Morgan fingerprint density at radius 3 is 1.70 bits per heavy atom. The third kappa shape index (κ3) is 11.1. The number of nitrogens with one attached hydrogen (secondary N) is 2. The van der Waals surface area contributed by atoms with E-state index in [1.165, 1.54) is 0 Å². The van der Waals surface area contributed by atoms with E-state index in [1.807, 2.05) is 20.8 Å². The highest BCUT2D eigenvalue weighted by atomic mass is 16.5. The van der Waals surface area contributed by atoms with Gasteiger partial charge in [0.25, 0.3) is 0 Å². The second-order valence-electron chi connectivity index (χ2n) is 4.40. The summed E-state index contributed by atoms with van der Waals surface area (Å²) in [6.45, 7) is 9.62. The van der Waals surface area contributed by atoms with Gasteiger partial charge in [-0.05, 0) is 48.2 Å². The van der Waals surface area contributed by atoms with Crippen molar-refractivity contribution in [3.05, 3.63) is 0 Å². The number of Topliss-reactive ketones (excluding diaryl/α,β-unsaturated/α-hetero) is 2. The molecule has 0 fully saturated rings. The van der Waals surface area contributed by atoms with Crippen LogP contribution >= 0.6 is 0 Å². The summed E-state index contributed by atoms with van der Waals surface area (Å²) >= 11 is 0. The van der Waals surface area contributed by atoms with Gasteiger partial charge in [-0.25, -0.2) is 0 Å². The Kier molecular flexibility index (Phi) is 17.7. The Balaban J connectivity index is -0.000000288. The Morgan fingerprint density at radius 1 is 1.05 bits per heavy atom. The molecule has 0 aromatic carbocycles. The van der Waals surface area contributed by atoms with Crippen molar-refractivity contribution in [1.82, 2.24) is 10.6 Å². The van der Waals surface area contributed by atoms with Crippen LogP contribution < -0.4 is 10.6 Å². The van der Waals surface area contributed by atoms with E-state index in [0.29, 0.717) is 6.61 Å². The number of ether oxygens (including phenoxy) is 1. The fourth-order valence-electron chi connectivity index (χ4n) is 1.82. The second kappa shape index (κ2) is 14.6. The highest BCUT2D eigenvalue weighted by Crippen LogP contribution is 1.99. The molecule has 0 amide bonds. The number of rotatable bonds is 8. The number of hydrogen-bond acceptors (Lipinski definition) is 5. The number of likely N-dealkylation sites (N-methyl/N-ethyl adjacent to an activating group) is 2. The van der Waals surface area contributed by atoms with Gasteiger partial charge in [0.15, 0.2) is 0 Å². The maximum absolute atomic E-state index is 10.9. The van der Waals surface area contributed by atoms with Gasteiger partial charge in [-0.3, -0.25) is 9.59 Å². The van der Waals surface area contributed by atoms with E-state index >= 15 is 0 Å². The van der Waals surface area contributed by atoms with Crippen molar-refractivity contribution >= 4 is 11.6 Å². The summed E-state index contributed by atoms with van der Waals surface area (Å²) in [5, 5.41) is 5.81. The fraction of sp³-hybridized carbons (Fsp3) is 0.867. The SMILES string of the molecule is C.CCC(NC)C(C)=O.CCOC(C)C(NC)C(C)=O. The van der Waals surface area contributed by atoms with Crippen molar-refractivity contribution in [2.45, 2.75) is 66.7 Å². The van der Waals surface area contributed by atoms with E-state index in [2.05, 4.69) is 10.6 Å². The lowest BCUT2D eigenvalue weighted by molar-refractivity contribution is -0.122. The first-order chi connectivity index (χ1) is 8.85. The van der Waals surface area contributed by atoms with Gasteiger partial charge in [0.1, 0.15) is 11.6 Å². The highest BCUT2D eigenvalue weighted by molar-refractivity contribution is 5.82. The average Bonchev–Trinajstić information content (AvgIpc) is 2.31. The zero-order chi connectivity index (χ0) is 15.4. The molecule has 0 saturated heterocycles. The van der Waals surface area contributed by atoms with Crippen LogP contribution in [0.25, 0.3) is 0 Å². The molecule has 0 radical (unpaired) electrons. The third-order valence-corrected chi connectivity index (χ3v) is 2.90. The van der Waals surface area contributed by atoms with Crippen LogP contribution in [0.4, 0.5) is 0 Å². The molecule has 0 aliphatic carbocycles. The number of carbonyl (C=O) groups is 2. The summed E-state index contributed by atoms with van der Waals surface area (Å²) < 4.78 is 5.27. The van der Waals surface area contributed by atoms with Crippen LogP contribution in [-0.4, -0.2) is 50.5 Å². The quantitative estimate of drug-likeness (QED) is 0.713. The molecule has 0 bridgehead atoms. The molecule has 3 unspecified atom stereocenters. The summed E-state index contributed by atoms with van der Waals surface area (Å²) in [6.07, 6.45) is 0.841. The van der Waals surface area contributed by atoms with E-state index < -0.39 is 0 Å². The van der Waals surface area contributed by atoms with Crippen LogP contribution in [-0.2, 0) is 14.3 Å². The standard InChI is InChI=1S/C8H17NO2.C6H13NO.CH4/c1-5-11-7(3)8(9-4)6(2)10;1-4-6(7-3)5(2)8;/h7-9H,5H2,1-4H3;6-7H,4H2,1-3H3;1H4. The van der Waals surface area contributed by atoms with Gasteiger partial charge in [-0.1, -0.05) is 14.4 Å². The molecule has 122 valence electrons. The van der Waals surface area contributed by atoms with Crippen molar-refractivity contribution in [2.75, 3.05) is 20.7 Å². The monoisotopic (exact) mass is 290 g/mol. The molecule has 0 aliphatic rings. The lowest BCUT2D eigenvalue weighted by Gasteiger charge is -2.20. The van der Waals surface area contributed by atoms with Gasteiger partial charge in [-0.15, -0.1) is 0 Å². The van der Waals surface area contributed by atoms with Crippen LogP contribution in [0.5, 0.6) is 0 Å². The van der Waals surface area contributed by atoms with E-state index in [4.69, 9.17) is 4.74 Å². The molecular weight excluding hydrogens is 256 g/mol. The molecule has 0 saturated carbocycles. The van der Waals surface area contributed by atoms with E-state index in [9.17, 15) is 9.59 Å². The lowest BCUT2D eigenvalue weighted by atomic mass is 10.1. The van der Waals surface area contributed by atoms with Crippen molar-refractivity contribution in [3.63, 3.8) is 0 Å². The smallest absolute Gasteiger partial charge is 0.149 e. The molecule has 0 heterocycles. The van der Waals surface area contributed by atoms with Crippen LogP contribution in [0.1, 0.15) is 48.5 Å². The van der Waals surface area contributed by atoms with Gasteiger partial charge >= 0.3 is 0 Å². The minimum Gasteiger partial charge on any atom is -0.377 e. The zero-order valence-corrected chi connectivity index (χ0v) is 13.4. The number of ketones is 2. The summed E-state index contributed by atoms with van der Waals surface area (Å²) in [5.74, 6) is 0.337. The van der Waals surface area contributed by atoms with Crippen molar-refractivity contribution < 1.29 is 14.3 Å². The van der Waals surface area contributed by atoms with Gasteiger partial charge in [-0.2, -0.15) is 0 Å². The molecule has 5 heteroatoms. The second-order valence-corrected chi connectivity index (χ2v) is 4.40. The Bertz CT molecular complexity index is 254. The van der Waals surface area contributed by atoms with Gasteiger partial charge in [0, 0.05) is 6.61 Å². The van der Waals surface area contributed by atoms with Crippen LogP contribution in [0.3, 0.4) is 0 Å². The van der Waals surface area contributed by atoms with Crippen LogP contribution in [0.15, 0.2) is 0 Å². The maximum atomic E-state index is 10.9. The topological polar surface area (TPSA) is 67.4 Å². The first kappa shape index (κ1) is 24.3.